The lowest BCUT2D eigenvalue weighted by Gasteiger charge is -2.10. The molecule has 19 heavy (non-hydrogen) atoms. The second-order valence-electron chi connectivity index (χ2n) is 3.68. The Morgan fingerprint density at radius 1 is 1.16 bits per heavy atom. The van der Waals surface area contributed by atoms with Gasteiger partial charge in [0.15, 0.2) is 5.69 Å². The van der Waals surface area contributed by atoms with Gasteiger partial charge in [0.1, 0.15) is 5.82 Å². The maximum Gasteiger partial charge on any atom is 0.355 e. The number of hydrogen-bond acceptors (Lipinski definition) is 3. The molecule has 0 aliphatic heterocycles. The Hall–Kier alpha value is -1.49. The van der Waals surface area contributed by atoms with Crippen LogP contribution in [0.5, 0.6) is 0 Å². The summed E-state index contributed by atoms with van der Waals surface area (Å²) in [6, 6.07) is 5.94. The molecule has 0 saturated carbocycles. The van der Waals surface area contributed by atoms with Gasteiger partial charge in [-0.15, -0.1) is 0 Å². The molecule has 0 saturated heterocycles. The molecule has 0 radical (unpaired) electrons. The summed E-state index contributed by atoms with van der Waals surface area (Å²) < 4.78 is 0. The number of nitrogen functional groups attached to an aromatic ring is 1. The lowest BCUT2D eigenvalue weighted by Crippen LogP contribution is -2.06. The van der Waals surface area contributed by atoms with E-state index in [9.17, 15) is 4.79 Å². The summed E-state index contributed by atoms with van der Waals surface area (Å²) in [5.41, 5.74) is 5.91. The lowest BCUT2D eigenvalue weighted by atomic mass is 10.0. The molecule has 2 rings (SSSR count). The molecule has 0 spiro atoms. The second kappa shape index (κ2) is 5.25. The van der Waals surface area contributed by atoms with E-state index in [4.69, 9.17) is 45.6 Å². The predicted molar refractivity (Wildman–Crippen MR) is 76.1 cm³/mol. The van der Waals surface area contributed by atoms with E-state index in [1.54, 1.807) is 0 Å². The molecule has 0 bridgehead atoms. The number of carbonyl (C=O) groups is 1. The Balaban J connectivity index is 2.76. The van der Waals surface area contributed by atoms with Crippen molar-refractivity contribution in [1.29, 1.82) is 0 Å². The molecule has 4 nitrogen and oxygen atoms in total. The van der Waals surface area contributed by atoms with Gasteiger partial charge in [0, 0.05) is 16.1 Å². The van der Waals surface area contributed by atoms with E-state index in [1.807, 2.05) is 0 Å². The highest BCUT2D eigenvalue weighted by molar-refractivity contribution is 6.42. The van der Waals surface area contributed by atoms with E-state index in [-0.39, 0.29) is 27.1 Å². The average molecular weight is 318 g/mol. The van der Waals surface area contributed by atoms with Gasteiger partial charge in [0.05, 0.1) is 10.0 Å². The van der Waals surface area contributed by atoms with E-state index in [0.29, 0.717) is 10.6 Å². The number of aromatic nitrogens is 1. The third kappa shape index (κ3) is 2.76. The number of nitrogens with two attached hydrogens (primary N) is 1. The Bertz CT molecular complexity index is 651. The van der Waals surface area contributed by atoms with Crippen molar-refractivity contribution in [3.63, 3.8) is 0 Å². The Kier molecular flexibility index (Phi) is 3.85. The van der Waals surface area contributed by atoms with Gasteiger partial charge < -0.3 is 10.8 Å². The van der Waals surface area contributed by atoms with E-state index in [2.05, 4.69) is 4.98 Å². The average Bonchev–Trinajstić information content (AvgIpc) is 2.29. The van der Waals surface area contributed by atoms with Crippen LogP contribution in [-0.2, 0) is 0 Å². The minimum atomic E-state index is -1.22. The standard InChI is InChI=1S/C12H7Cl3N2O2/c13-5-3-7(14)10(8(15)4-5)6-1-2-9(16)17-11(6)12(18)19/h1-4H,(H2,16,17)(H,18,19). The van der Waals surface area contributed by atoms with Crippen molar-refractivity contribution in [2.75, 3.05) is 5.73 Å². The maximum absolute atomic E-state index is 11.2. The highest BCUT2D eigenvalue weighted by atomic mass is 35.5. The third-order valence-corrected chi connectivity index (χ3v) is 3.21. The van der Waals surface area contributed by atoms with Gasteiger partial charge in [-0.1, -0.05) is 34.8 Å². The molecule has 1 aromatic carbocycles. The highest BCUT2D eigenvalue weighted by Crippen LogP contribution is 2.38. The van der Waals surface area contributed by atoms with Crippen molar-refractivity contribution >= 4 is 46.6 Å². The van der Waals surface area contributed by atoms with Crippen molar-refractivity contribution < 1.29 is 9.90 Å². The number of benzene rings is 1. The first-order chi connectivity index (χ1) is 8.90. The molecule has 2 aromatic rings. The normalized spacial score (nSPS) is 10.5. The Morgan fingerprint density at radius 3 is 2.26 bits per heavy atom. The molecule has 0 fully saturated rings. The third-order valence-electron chi connectivity index (χ3n) is 2.40. The summed E-state index contributed by atoms with van der Waals surface area (Å²) >= 11 is 17.9. The zero-order chi connectivity index (χ0) is 14.2. The van der Waals surface area contributed by atoms with Gasteiger partial charge in [0.2, 0.25) is 0 Å². The number of hydrogen-bond donors (Lipinski definition) is 2. The minimum Gasteiger partial charge on any atom is -0.476 e. The van der Waals surface area contributed by atoms with Crippen molar-refractivity contribution in [2.24, 2.45) is 0 Å². The number of aromatic carboxylic acids is 1. The van der Waals surface area contributed by atoms with Crippen LogP contribution in [0, 0.1) is 0 Å². The molecule has 1 aromatic heterocycles. The molecule has 1 heterocycles. The second-order valence-corrected chi connectivity index (χ2v) is 4.93. The van der Waals surface area contributed by atoms with Crippen LogP contribution in [0.4, 0.5) is 5.82 Å². The minimum absolute atomic E-state index is 0.0994. The molecule has 3 N–H and O–H groups in total. The number of nitrogens with zero attached hydrogens (tertiary/aromatic N) is 1. The van der Waals surface area contributed by atoms with E-state index in [1.165, 1.54) is 24.3 Å². The fourth-order valence-corrected chi connectivity index (χ4v) is 2.66. The van der Waals surface area contributed by atoms with Crippen molar-refractivity contribution in [3.05, 3.63) is 45.0 Å². The summed E-state index contributed by atoms with van der Waals surface area (Å²) in [4.78, 5) is 15.0. The summed E-state index contributed by atoms with van der Waals surface area (Å²) in [6.07, 6.45) is 0. The maximum atomic E-state index is 11.2. The van der Waals surface area contributed by atoms with Crippen LogP contribution in [0.1, 0.15) is 10.5 Å². The lowest BCUT2D eigenvalue weighted by molar-refractivity contribution is 0.0691. The molecule has 0 amide bonds. The Labute approximate surface area is 123 Å². The van der Waals surface area contributed by atoms with Gasteiger partial charge in [-0.2, -0.15) is 0 Å². The topological polar surface area (TPSA) is 76.2 Å². The van der Waals surface area contributed by atoms with E-state index in [0.717, 1.165) is 0 Å². The number of carboxylic acid groups (broad SMARTS) is 1. The van der Waals surface area contributed by atoms with Crippen LogP contribution >= 0.6 is 34.8 Å². The van der Waals surface area contributed by atoms with Gasteiger partial charge >= 0.3 is 5.97 Å². The predicted octanol–water partition coefficient (Wildman–Crippen LogP) is 3.99. The van der Waals surface area contributed by atoms with E-state index >= 15 is 0 Å². The number of halogens is 3. The van der Waals surface area contributed by atoms with Crippen molar-refractivity contribution in [2.45, 2.75) is 0 Å². The van der Waals surface area contributed by atoms with Crippen LogP contribution in [0.25, 0.3) is 11.1 Å². The first-order valence-corrected chi connectivity index (χ1v) is 6.18. The number of pyridine rings is 1. The largest absolute Gasteiger partial charge is 0.476 e. The monoisotopic (exact) mass is 316 g/mol. The molecular formula is C12H7Cl3N2O2. The van der Waals surface area contributed by atoms with Crippen LogP contribution < -0.4 is 5.73 Å². The molecule has 0 unspecified atom stereocenters. The zero-order valence-corrected chi connectivity index (χ0v) is 11.6. The van der Waals surface area contributed by atoms with E-state index < -0.39 is 5.97 Å². The first-order valence-electron chi connectivity index (χ1n) is 5.05. The smallest absolute Gasteiger partial charge is 0.355 e. The van der Waals surface area contributed by atoms with Crippen LogP contribution in [-0.4, -0.2) is 16.1 Å². The van der Waals surface area contributed by atoms with Gasteiger partial charge in [0.25, 0.3) is 0 Å². The summed E-state index contributed by atoms with van der Waals surface area (Å²) in [5.74, 6) is -1.12. The summed E-state index contributed by atoms with van der Waals surface area (Å²) in [6.45, 7) is 0. The molecule has 7 heteroatoms. The summed E-state index contributed by atoms with van der Waals surface area (Å²) in [5, 5.41) is 10.0. The SMILES string of the molecule is Nc1ccc(-c2c(Cl)cc(Cl)cc2Cl)c(C(=O)O)n1. The summed E-state index contributed by atoms with van der Waals surface area (Å²) in [7, 11) is 0. The molecule has 0 aliphatic rings. The number of rotatable bonds is 2. The van der Waals surface area contributed by atoms with Gasteiger partial charge in [-0.05, 0) is 24.3 Å². The van der Waals surface area contributed by atoms with Gasteiger partial charge in [-0.25, -0.2) is 9.78 Å². The molecule has 0 atom stereocenters. The van der Waals surface area contributed by atoms with Crippen molar-refractivity contribution in [1.82, 2.24) is 4.98 Å². The van der Waals surface area contributed by atoms with Crippen molar-refractivity contribution in [3.8, 4) is 11.1 Å². The Morgan fingerprint density at radius 2 is 1.74 bits per heavy atom. The highest BCUT2D eigenvalue weighted by Gasteiger charge is 2.19. The molecular weight excluding hydrogens is 311 g/mol. The number of carboxylic acids is 1. The zero-order valence-electron chi connectivity index (χ0n) is 9.32. The fourth-order valence-electron chi connectivity index (χ4n) is 1.64. The first kappa shape index (κ1) is 13.9. The van der Waals surface area contributed by atoms with Gasteiger partial charge in [-0.3, -0.25) is 0 Å². The van der Waals surface area contributed by atoms with Crippen LogP contribution in [0.3, 0.4) is 0 Å². The molecule has 98 valence electrons. The van der Waals surface area contributed by atoms with Crippen LogP contribution in [0.2, 0.25) is 15.1 Å². The van der Waals surface area contributed by atoms with Crippen LogP contribution in [0.15, 0.2) is 24.3 Å². The quantitative estimate of drug-likeness (QED) is 0.878. The number of anilines is 1. The molecule has 0 aliphatic carbocycles. The fraction of sp³-hybridized carbons (Fsp3) is 0.